The van der Waals surface area contributed by atoms with Crippen LogP contribution in [-0.4, -0.2) is 33.9 Å². The van der Waals surface area contributed by atoms with Crippen molar-refractivity contribution in [2.75, 3.05) is 11.9 Å². The Balaban J connectivity index is 2.18. The summed E-state index contributed by atoms with van der Waals surface area (Å²) >= 11 is 0. The molecule has 0 aliphatic heterocycles. The highest BCUT2D eigenvalue weighted by Gasteiger charge is 2.33. The van der Waals surface area contributed by atoms with Crippen molar-refractivity contribution in [3.05, 3.63) is 17.8 Å². The molecule has 0 spiro atoms. The van der Waals surface area contributed by atoms with Gasteiger partial charge >= 0.3 is 5.97 Å². The first kappa shape index (κ1) is 11.8. The lowest BCUT2D eigenvalue weighted by Gasteiger charge is -2.32. The van der Waals surface area contributed by atoms with Gasteiger partial charge in [-0.3, -0.25) is 0 Å². The molecule has 0 unspecified atom stereocenters. The predicted octanol–water partition coefficient (Wildman–Crippen LogP) is 1.65. The van der Waals surface area contributed by atoms with Crippen LogP contribution < -0.4 is 4.90 Å². The van der Waals surface area contributed by atoms with Crippen molar-refractivity contribution in [2.45, 2.75) is 38.1 Å². The van der Waals surface area contributed by atoms with Gasteiger partial charge in [-0.05, 0) is 38.8 Å². The number of likely N-dealkylation sites (N-methyl/N-ethyl adjacent to an activating group) is 1. The molecule has 1 aliphatic rings. The Hall–Kier alpha value is -1.65. The highest BCUT2D eigenvalue weighted by molar-refractivity contribution is 5.81. The molecule has 1 fully saturated rings. The quantitative estimate of drug-likeness (QED) is 0.859. The van der Waals surface area contributed by atoms with Crippen LogP contribution in [0.25, 0.3) is 0 Å². The molecule has 1 heterocycles. The number of aliphatic carboxylic acids is 1. The van der Waals surface area contributed by atoms with E-state index in [1.165, 1.54) is 12.8 Å². The summed E-state index contributed by atoms with van der Waals surface area (Å²) in [5.74, 6) is 0.268. The fourth-order valence-corrected chi connectivity index (χ4v) is 1.54. The Morgan fingerprint density at radius 2 is 2.06 bits per heavy atom. The first-order chi connectivity index (χ1) is 7.93. The standard InChI is InChI=1S/C12H17N3O2/c1-12(2,11(16)17)15(3)10-7-6-9(13-14-10)8-4-5-8/h6-8H,4-5H2,1-3H3,(H,16,17). The van der Waals surface area contributed by atoms with Crippen LogP contribution in [0.2, 0.25) is 0 Å². The monoisotopic (exact) mass is 235 g/mol. The molecule has 0 saturated heterocycles. The molecule has 1 aliphatic carbocycles. The number of hydrogen-bond acceptors (Lipinski definition) is 4. The molecule has 0 atom stereocenters. The first-order valence-electron chi connectivity index (χ1n) is 5.74. The summed E-state index contributed by atoms with van der Waals surface area (Å²) in [6.45, 7) is 3.29. The summed E-state index contributed by atoms with van der Waals surface area (Å²) in [6.07, 6.45) is 2.37. The summed E-state index contributed by atoms with van der Waals surface area (Å²) in [7, 11) is 1.72. The molecule has 5 heteroatoms. The van der Waals surface area contributed by atoms with E-state index in [0.29, 0.717) is 11.7 Å². The van der Waals surface area contributed by atoms with Gasteiger partial charge in [-0.2, -0.15) is 5.10 Å². The lowest BCUT2D eigenvalue weighted by molar-refractivity contribution is -0.142. The number of carbonyl (C=O) groups is 1. The average molecular weight is 235 g/mol. The van der Waals surface area contributed by atoms with Crippen LogP contribution in [0.3, 0.4) is 0 Å². The van der Waals surface area contributed by atoms with Gasteiger partial charge in [-0.15, -0.1) is 5.10 Å². The number of carboxylic acid groups (broad SMARTS) is 1. The van der Waals surface area contributed by atoms with Gasteiger partial charge in [0.1, 0.15) is 5.54 Å². The molecule has 0 aromatic carbocycles. The summed E-state index contributed by atoms with van der Waals surface area (Å²) in [5, 5.41) is 17.4. The van der Waals surface area contributed by atoms with Gasteiger partial charge in [0.2, 0.25) is 0 Å². The van der Waals surface area contributed by atoms with Crippen molar-refractivity contribution in [3.8, 4) is 0 Å². The molecule has 92 valence electrons. The second-order valence-corrected chi connectivity index (χ2v) is 5.01. The van der Waals surface area contributed by atoms with Crippen molar-refractivity contribution in [3.63, 3.8) is 0 Å². The Labute approximate surface area is 100 Å². The van der Waals surface area contributed by atoms with E-state index in [4.69, 9.17) is 5.11 Å². The van der Waals surface area contributed by atoms with E-state index in [1.54, 1.807) is 25.8 Å². The van der Waals surface area contributed by atoms with Gasteiger partial charge in [0, 0.05) is 13.0 Å². The number of nitrogens with zero attached hydrogens (tertiary/aromatic N) is 3. The van der Waals surface area contributed by atoms with Crippen molar-refractivity contribution >= 4 is 11.8 Å². The average Bonchev–Trinajstić information content (AvgIpc) is 3.12. The second kappa shape index (κ2) is 3.98. The minimum absolute atomic E-state index is 0.564. The molecule has 1 N–H and O–H groups in total. The molecule has 2 rings (SSSR count). The SMILES string of the molecule is CN(c1ccc(C2CC2)nn1)C(C)(C)C(=O)O. The Bertz CT molecular complexity index is 424. The molecular formula is C12H17N3O2. The van der Waals surface area contributed by atoms with Crippen LogP contribution in [0.4, 0.5) is 5.82 Å². The Morgan fingerprint density at radius 1 is 1.41 bits per heavy atom. The van der Waals surface area contributed by atoms with Crippen LogP contribution in [0, 0.1) is 0 Å². The van der Waals surface area contributed by atoms with Gasteiger partial charge in [-0.1, -0.05) is 0 Å². The van der Waals surface area contributed by atoms with E-state index in [9.17, 15) is 4.79 Å². The zero-order valence-corrected chi connectivity index (χ0v) is 10.3. The molecule has 5 nitrogen and oxygen atoms in total. The first-order valence-corrected chi connectivity index (χ1v) is 5.74. The van der Waals surface area contributed by atoms with Crippen molar-refractivity contribution in [1.29, 1.82) is 0 Å². The van der Waals surface area contributed by atoms with E-state index in [-0.39, 0.29) is 0 Å². The second-order valence-electron chi connectivity index (χ2n) is 5.01. The normalized spacial score (nSPS) is 15.7. The van der Waals surface area contributed by atoms with Crippen LogP contribution in [0.1, 0.15) is 38.3 Å². The highest BCUT2D eigenvalue weighted by atomic mass is 16.4. The van der Waals surface area contributed by atoms with Crippen LogP contribution in [0.15, 0.2) is 12.1 Å². The van der Waals surface area contributed by atoms with E-state index in [0.717, 1.165) is 5.69 Å². The maximum Gasteiger partial charge on any atom is 0.328 e. The van der Waals surface area contributed by atoms with Crippen molar-refractivity contribution < 1.29 is 9.90 Å². The minimum Gasteiger partial charge on any atom is -0.480 e. The third kappa shape index (κ3) is 2.23. The van der Waals surface area contributed by atoms with Gasteiger partial charge in [0.05, 0.1) is 5.69 Å². The summed E-state index contributed by atoms with van der Waals surface area (Å²) < 4.78 is 0. The smallest absolute Gasteiger partial charge is 0.328 e. The minimum atomic E-state index is -0.990. The van der Waals surface area contributed by atoms with Crippen LogP contribution in [0.5, 0.6) is 0 Å². The number of rotatable bonds is 4. The number of carboxylic acids is 1. The molecule has 0 radical (unpaired) electrons. The maximum absolute atomic E-state index is 11.1. The molecule has 1 aromatic rings. The Morgan fingerprint density at radius 3 is 2.47 bits per heavy atom. The topological polar surface area (TPSA) is 66.3 Å². The molecule has 17 heavy (non-hydrogen) atoms. The molecule has 1 aromatic heterocycles. The number of aromatic nitrogens is 2. The number of hydrogen-bond donors (Lipinski definition) is 1. The van der Waals surface area contributed by atoms with Gasteiger partial charge in [0.15, 0.2) is 5.82 Å². The third-order valence-electron chi connectivity index (χ3n) is 3.37. The summed E-state index contributed by atoms with van der Waals surface area (Å²) in [4.78, 5) is 12.8. The van der Waals surface area contributed by atoms with E-state index in [2.05, 4.69) is 10.2 Å². The van der Waals surface area contributed by atoms with Crippen LogP contribution in [-0.2, 0) is 4.79 Å². The zero-order chi connectivity index (χ0) is 12.6. The van der Waals surface area contributed by atoms with Crippen molar-refractivity contribution in [2.24, 2.45) is 0 Å². The van der Waals surface area contributed by atoms with Crippen molar-refractivity contribution in [1.82, 2.24) is 10.2 Å². The predicted molar refractivity (Wildman–Crippen MR) is 64.1 cm³/mol. The summed E-state index contributed by atoms with van der Waals surface area (Å²) in [6, 6.07) is 3.78. The number of anilines is 1. The lowest BCUT2D eigenvalue weighted by Crippen LogP contribution is -2.48. The maximum atomic E-state index is 11.1. The fraction of sp³-hybridized carbons (Fsp3) is 0.583. The van der Waals surface area contributed by atoms with Crippen LogP contribution >= 0.6 is 0 Å². The summed E-state index contributed by atoms with van der Waals surface area (Å²) in [5.41, 5.74) is 0.0192. The highest BCUT2D eigenvalue weighted by Crippen LogP contribution is 2.38. The van der Waals surface area contributed by atoms with Gasteiger partial charge in [-0.25, -0.2) is 4.79 Å². The van der Waals surface area contributed by atoms with E-state index < -0.39 is 11.5 Å². The molecule has 0 amide bonds. The lowest BCUT2D eigenvalue weighted by atomic mass is 10.0. The van der Waals surface area contributed by atoms with Gasteiger partial charge in [0.25, 0.3) is 0 Å². The Kier molecular flexibility index (Phi) is 2.77. The van der Waals surface area contributed by atoms with E-state index in [1.807, 2.05) is 12.1 Å². The molecular weight excluding hydrogens is 218 g/mol. The van der Waals surface area contributed by atoms with E-state index >= 15 is 0 Å². The fourth-order valence-electron chi connectivity index (χ4n) is 1.54. The largest absolute Gasteiger partial charge is 0.480 e. The zero-order valence-electron chi connectivity index (χ0n) is 10.3. The molecule has 1 saturated carbocycles. The third-order valence-corrected chi connectivity index (χ3v) is 3.37. The molecule has 0 bridgehead atoms. The van der Waals surface area contributed by atoms with Gasteiger partial charge < -0.3 is 10.0 Å².